The minimum atomic E-state index is -0.334. The van der Waals surface area contributed by atoms with Gasteiger partial charge in [0.05, 0.1) is 30.5 Å². The zero-order valence-electron chi connectivity index (χ0n) is 20.2. The molecule has 2 N–H and O–H groups in total. The molecule has 1 heterocycles. The van der Waals surface area contributed by atoms with Crippen LogP contribution in [0.1, 0.15) is 33.3 Å². The van der Waals surface area contributed by atoms with Crippen molar-refractivity contribution >= 4 is 40.5 Å². The SMILES string of the molecule is CCOc1cc(CNc2ccc(N3CCOCC3)c(Cl)c2)c(Cl)cc1OCC(=O)NC(C)(C)C. The van der Waals surface area contributed by atoms with Crippen LogP contribution in [-0.4, -0.2) is 51.0 Å². The Morgan fingerprint density at radius 1 is 1.06 bits per heavy atom. The van der Waals surface area contributed by atoms with Crippen LogP contribution in [0.4, 0.5) is 11.4 Å². The maximum Gasteiger partial charge on any atom is 0.258 e. The van der Waals surface area contributed by atoms with Crippen molar-refractivity contribution in [3.8, 4) is 11.5 Å². The normalized spacial score (nSPS) is 14.0. The van der Waals surface area contributed by atoms with E-state index in [2.05, 4.69) is 15.5 Å². The van der Waals surface area contributed by atoms with Crippen molar-refractivity contribution in [1.82, 2.24) is 5.32 Å². The summed E-state index contributed by atoms with van der Waals surface area (Å²) in [5.74, 6) is 0.750. The second-order valence-electron chi connectivity index (χ2n) is 9.03. The molecule has 1 fully saturated rings. The van der Waals surface area contributed by atoms with E-state index in [1.54, 1.807) is 6.07 Å². The number of amides is 1. The first-order valence-electron chi connectivity index (χ1n) is 11.4. The minimum absolute atomic E-state index is 0.126. The Balaban J connectivity index is 1.67. The number of ether oxygens (including phenoxy) is 3. The average Bonchev–Trinajstić information content (AvgIpc) is 2.77. The van der Waals surface area contributed by atoms with E-state index in [0.717, 1.165) is 30.0 Å². The number of anilines is 2. The number of carbonyl (C=O) groups excluding carboxylic acids is 1. The number of hydrogen-bond donors (Lipinski definition) is 2. The number of nitrogens with zero attached hydrogens (tertiary/aromatic N) is 1. The molecule has 0 aromatic heterocycles. The molecular weight excluding hydrogens is 477 g/mol. The van der Waals surface area contributed by atoms with E-state index in [1.807, 2.05) is 52.0 Å². The zero-order chi connectivity index (χ0) is 24.7. The number of morpholine rings is 1. The van der Waals surface area contributed by atoms with Gasteiger partial charge in [-0.25, -0.2) is 0 Å². The van der Waals surface area contributed by atoms with Gasteiger partial charge >= 0.3 is 0 Å². The molecule has 0 unspecified atom stereocenters. The molecule has 0 radical (unpaired) electrons. The van der Waals surface area contributed by atoms with Gasteiger partial charge in [-0.05, 0) is 57.5 Å². The van der Waals surface area contributed by atoms with E-state index in [0.29, 0.717) is 47.9 Å². The Kier molecular flexibility index (Phi) is 9.17. The molecule has 0 aliphatic carbocycles. The summed E-state index contributed by atoms with van der Waals surface area (Å²) in [4.78, 5) is 14.3. The van der Waals surface area contributed by atoms with Crippen LogP contribution in [0.25, 0.3) is 0 Å². The van der Waals surface area contributed by atoms with Crippen molar-refractivity contribution in [3.63, 3.8) is 0 Å². The Bertz CT molecular complexity index is 989. The Labute approximate surface area is 211 Å². The van der Waals surface area contributed by atoms with Crippen molar-refractivity contribution < 1.29 is 19.0 Å². The summed E-state index contributed by atoms with van der Waals surface area (Å²) in [5.41, 5.74) is 2.39. The predicted molar refractivity (Wildman–Crippen MR) is 138 cm³/mol. The topological polar surface area (TPSA) is 72.1 Å². The van der Waals surface area contributed by atoms with Crippen molar-refractivity contribution in [3.05, 3.63) is 45.9 Å². The number of halogens is 2. The molecule has 0 spiro atoms. The van der Waals surface area contributed by atoms with Gasteiger partial charge in [0, 0.05) is 41.9 Å². The standard InChI is InChI=1S/C25H33Cl2N3O4/c1-5-33-22-12-17(19(26)14-23(22)34-16-24(31)29-25(2,3)4)15-28-18-6-7-21(20(27)13-18)30-8-10-32-11-9-30/h6-7,12-14,28H,5,8-11,15-16H2,1-4H3,(H,29,31). The third kappa shape index (κ3) is 7.58. The van der Waals surface area contributed by atoms with Gasteiger partial charge in [-0.2, -0.15) is 0 Å². The first-order valence-corrected chi connectivity index (χ1v) is 12.2. The molecule has 1 amide bonds. The summed E-state index contributed by atoms with van der Waals surface area (Å²) in [7, 11) is 0. The fourth-order valence-corrected chi connectivity index (χ4v) is 4.09. The Morgan fingerprint density at radius 2 is 1.76 bits per heavy atom. The second-order valence-corrected chi connectivity index (χ2v) is 9.84. The van der Waals surface area contributed by atoms with Gasteiger partial charge in [-0.3, -0.25) is 4.79 Å². The van der Waals surface area contributed by atoms with Crippen LogP contribution in [0.3, 0.4) is 0 Å². The van der Waals surface area contributed by atoms with Crippen LogP contribution in [0, 0.1) is 0 Å². The van der Waals surface area contributed by atoms with Gasteiger partial charge < -0.3 is 29.7 Å². The van der Waals surface area contributed by atoms with Crippen molar-refractivity contribution in [2.24, 2.45) is 0 Å². The summed E-state index contributed by atoms with van der Waals surface area (Å²) >= 11 is 13.1. The van der Waals surface area contributed by atoms with Crippen LogP contribution in [-0.2, 0) is 16.1 Å². The lowest BCUT2D eigenvalue weighted by Crippen LogP contribution is -2.43. The third-order valence-corrected chi connectivity index (χ3v) is 5.72. The molecular formula is C25H33Cl2N3O4. The van der Waals surface area contributed by atoms with E-state index in [-0.39, 0.29) is 18.1 Å². The van der Waals surface area contributed by atoms with E-state index in [4.69, 9.17) is 37.4 Å². The van der Waals surface area contributed by atoms with Crippen LogP contribution >= 0.6 is 23.2 Å². The summed E-state index contributed by atoms with van der Waals surface area (Å²) in [6, 6.07) is 9.44. The highest BCUT2D eigenvalue weighted by molar-refractivity contribution is 6.33. The smallest absolute Gasteiger partial charge is 0.258 e. The van der Waals surface area contributed by atoms with E-state index in [1.165, 1.54) is 0 Å². The Morgan fingerprint density at radius 3 is 2.41 bits per heavy atom. The van der Waals surface area contributed by atoms with Crippen LogP contribution in [0.2, 0.25) is 10.0 Å². The average molecular weight is 510 g/mol. The minimum Gasteiger partial charge on any atom is -0.490 e. The Hall–Kier alpha value is -2.35. The molecule has 0 bridgehead atoms. The molecule has 7 nitrogen and oxygen atoms in total. The van der Waals surface area contributed by atoms with E-state index in [9.17, 15) is 4.79 Å². The molecule has 2 aromatic carbocycles. The first kappa shape index (κ1) is 26.3. The van der Waals surface area contributed by atoms with Crippen molar-refractivity contribution in [2.45, 2.75) is 39.8 Å². The number of nitrogens with one attached hydrogen (secondary N) is 2. The third-order valence-electron chi connectivity index (χ3n) is 5.07. The lowest BCUT2D eigenvalue weighted by Gasteiger charge is -2.29. The number of rotatable bonds is 9. The first-order chi connectivity index (χ1) is 16.2. The largest absolute Gasteiger partial charge is 0.490 e. The molecule has 34 heavy (non-hydrogen) atoms. The summed E-state index contributed by atoms with van der Waals surface area (Å²) in [5, 5.41) is 7.43. The van der Waals surface area contributed by atoms with Gasteiger partial charge in [-0.1, -0.05) is 23.2 Å². The zero-order valence-corrected chi connectivity index (χ0v) is 21.7. The quantitative estimate of drug-likeness (QED) is 0.487. The fourth-order valence-electron chi connectivity index (χ4n) is 3.57. The summed E-state index contributed by atoms with van der Waals surface area (Å²) in [6.07, 6.45) is 0. The van der Waals surface area contributed by atoms with E-state index < -0.39 is 0 Å². The summed E-state index contributed by atoms with van der Waals surface area (Å²) < 4.78 is 16.9. The number of carbonyl (C=O) groups is 1. The number of benzene rings is 2. The highest BCUT2D eigenvalue weighted by atomic mass is 35.5. The molecule has 1 aliphatic rings. The maximum atomic E-state index is 12.1. The molecule has 2 aromatic rings. The van der Waals surface area contributed by atoms with E-state index >= 15 is 0 Å². The van der Waals surface area contributed by atoms with Gasteiger partial charge in [0.2, 0.25) is 0 Å². The van der Waals surface area contributed by atoms with Crippen molar-refractivity contribution in [1.29, 1.82) is 0 Å². The fraction of sp³-hybridized carbons (Fsp3) is 0.480. The van der Waals surface area contributed by atoms with Crippen molar-refractivity contribution in [2.75, 3.05) is 49.7 Å². The lowest BCUT2D eigenvalue weighted by atomic mass is 10.1. The van der Waals surface area contributed by atoms with Crippen LogP contribution in [0.15, 0.2) is 30.3 Å². The van der Waals surface area contributed by atoms with Gasteiger partial charge in [0.15, 0.2) is 18.1 Å². The lowest BCUT2D eigenvalue weighted by molar-refractivity contribution is -0.124. The molecule has 186 valence electrons. The molecule has 1 aliphatic heterocycles. The maximum absolute atomic E-state index is 12.1. The second kappa shape index (κ2) is 11.9. The van der Waals surface area contributed by atoms with Gasteiger partial charge in [-0.15, -0.1) is 0 Å². The predicted octanol–water partition coefficient (Wildman–Crippen LogP) is 5.13. The molecule has 0 atom stereocenters. The monoisotopic (exact) mass is 509 g/mol. The summed E-state index contributed by atoms with van der Waals surface area (Å²) in [6.45, 7) is 11.5. The molecule has 1 saturated heterocycles. The molecule has 3 rings (SSSR count). The highest BCUT2D eigenvalue weighted by Crippen LogP contribution is 2.35. The molecule has 0 saturated carbocycles. The van der Waals surface area contributed by atoms with Crippen LogP contribution < -0.4 is 25.0 Å². The van der Waals surface area contributed by atoms with Crippen LogP contribution in [0.5, 0.6) is 11.5 Å². The van der Waals surface area contributed by atoms with Gasteiger partial charge in [0.25, 0.3) is 5.91 Å². The number of hydrogen-bond acceptors (Lipinski definition) is 6. The molecule has 9 heteroatoms. The highest BCUT2D eigenvalue weighted by Gasteiger charge is 2.17. The van der Waals surface area contributed by atoms with Gasteiger partial charge in [0.1, 0.15) is 0 Å².